The van der Waals surface area contributed by atoms with Crippen LogP contribution in [0.3, 0.4) is 0 Å². The van der Waals surface area contributed by atoms with E-state index in [1.165, 1.54) is 5.00 Å². The number of thiazole rings is 1. The molecule has 3 aromatic heterocycles. The molecule has 2 aliphatic rings. The minimum Gasteiger partial charge on any atom is -0.365 e. The van der Waals surface area contributed by atoms with Crippen molar-refractivity contribution in [3.63, 3.8) is 0 Å². The molecule has 0 saturated heterocycles. The summed E-state index contributed by atoms with van der Waals surface area (Å²) < 4.78 is 0. The van der Waals surface area contributed by atoms with E-state index in [1.54, 1.807) is 11.3 Å². The third-order valence-electron chi connectivity index (χ3n) is 4.45. The Morgan fingerprint density at radius 1 is 1.16 bits per heavy atom. The minimum absolute atomic E-state index is 0.712. The van der Waals surface area contributed by atoms with Crippen molar-refractivity contribution in [3.8, 4) is 0 Å². The molecule has 0 aliphatic carbocycles. The van der Waals surface area contributed by atoms with Gasteiger partial charge in [-0.15, -0.1) is 11.3 Å². The van der Waals surface area contributed by atoms with Crippen molar-refractivity contribution < 1.29 is 0 Å². The molecule has 0 spiro atoms. The molecule has 0 bridgehead atoms. The first-order valence-electron chi connectivity index (χ1n) is 8.09. The Hall–Kier alpha value is -2.93. The van der Waals surface area contributed by atoms with Gasteiger partial charge in [0.2, 0.25) is 0 Å². The van der Waals surface area contributed by atoms with Gasteiger partial charge < -0.3 is 15.5 Å². The molecule has 0 saturated carbocycles. The molecule has 0 fully saturated rings. The van der Waals surface area contributed by atoms with E-state index in [0.717, 1.165) is 44.7 Å². The summed E-state index contributed by atoms with van der Waals surface area (Å²) in [4.78, 5) is 15.7. The van der Waals surface area contributed by atoms with Gasteiger partial charge in [-0.1, -0.05) is 0 Å². The highest BCUT2D eigenvalue weighted by Gasteiger charge is 2.33. The Balaban J connectivity index is 1.79. The number of aryl methyl sites for hydroxylation is 2. The number of anilines is 3. The number of hydrogen-bond donors (Lipinski definition) is 2. The molecular formula is C18H16N6S. The Kier molecular flexibility index (Phi) is 3.05. The van der Waals surface area contributed by atoms with Gasteiger partial charge >= 0.3 is 0 Å². The molecule has 6 nitrogen and oxygen atoms in total. The van der Waals surface area contributed by atoms with Gasteiger partial charge in [-0.05, 0) is 32.0 Å². The summed E-state index contributed by atoms with van der Waals surface area (Å²) in [5.74, 6) is 0.842. The molecule has 2 N–H and O–H groups in total. The fraction of sp³-hybridized carbons (Fsp3) is 0.167. The molecule has 0 unspecified atom stereocenters. The second-order valence-corrected chi connectivity index (χ2v) is 7.24. The number of nitrogens with zero attached hydrogens (tertiary/aromatic N) is 4. The summed E-state index contributed by atoms with van der Waals surface area (Å²) in [5.41, 5.74) is 6.41. The standard InChI is InChI=1S/C18H16N6S/c1-10-18(25-11(2)22-10)24-9-21-15-12-5-7-19-8-14(12)23-17-13(16(15)24)4-3-6-20-17/h3-8,21H,9H2,1-2H3,(H,20,23). The van der Waals surface area contributed by atoms with Crippen LogP contribution in [0, 0.1) is 13.8 Å². The zero-order chi connectivity index (χ0) is 17.0. The molecule has 0 amide bonds. The average molecular weight is 348 g/mol. The van der Waals surface area contributed by atoms with Crippen LogP contribution in [0.1, 0.15) is 21.8 Å². The van der Waals surface area contributed by atoms with E-state index in [0.29, 0.717) is 6.67 Å². The quantitative estimate of drug-likeness (QED) is 0.702. The molecule has 5 rings (SSSR count). The van der Waals surface area contributed by atoms with Crippen molar-refractivity contribution in [2.75, 3.05) is 16.9 Å². The molecule has 0 aromatic carbocycles. The Morgan fingerprint density at radius 2 is 2.08 bits per heavy atom. The largest absolute Gasteiger partial charge is 0.365 e. The van der Waals surface area contributed by atoms with Crippen LogP contribution in [-0.2, 0) is 0 Å². The number of rotatable bonds is 1. The van der Waals surface area contributed by atoms with Crippen LogP contribution in [0.2, 0.25) is 0 Å². The number of nitrogens with one attached hydrogen (secondary N) is 2. The average Bonchev–Trinajstić information content (AvgIpc) is 3.14. The highest BCUT2D eigenvalue weighted by atomic mass is 32.1. The van der Waals surface area contributed by atoms with Crippen molar-refractivity contribution in [1.29, 1.82) is 0 Å². The van der Waals surface area contributed by atoms with Crippen LogP contribution < -0.4 is 15.5 Å². The van der Waals surface area contributed by atoms with E-state index in [9.17, 15) is 0 Å². The Bertz CT molecular complexity index is 1020. The maximum Gasteiger partial charge on any atom is 0.139 e. The monoisotopic (exact) mass is 348 g/mol. The lowest BCUT2D eigenvalue weighted by atomic mass is 10.1. The van der Waals surface area contributed by atoms with E-state index >= 15 is 0 Å². The lowest BCUT2D eigenvalue weighted by Crippen LogP contribution is -2.23. The van der Waals surface area contributed by atoms with Crippen LogP contribution >= 0.6 is 11.3 Å². The summed E-state index contributed by atoms with van der Waals surface area (Å²) in [6.07, 6.45) is 5.47. The van der Waals surface area contributed by atoms with Crippen molar-refractivity contribution in [2.45, 2.75) is 13.8 Å². The van der Waals surface area contributed by atoms with E-state index in [1.807, 2.05) is 37.6 Å². The molecule has 7 heteroatoms. The molecule has 5 heterocycles. The Labute approximate surface area is 149 Å². The van der Waals surface area contributed by atoms with Crippen molar-refractivity contribution in [1.82, 2.24) is 20.3 Å². The maximum atomic E-state index is 4.60. The summed E-state index contributed by atoms with van der Waals surface area (Å²) in [7, 11) is 0. The van der Waals surface area contributed by atoms with Gasteiger partial charge in [0.1, 0.15) is 10.8 Å². The zero-order valence-electron chi connectivity index (χ0n) is 13.9. The lowest BCUT2D eigenvalue weighted by Gasteiger charge is -2.21. The van der Waals surface area contributed by atoms with E-state index in [2.05, 4.69) is 43.5 Å². The van der Waals surface area contributed by atoms with Gasteiger partial charge in [-0.2, -0.15) is 0 Å². The fourth-order valence-electron chi connectivity index (χ4n) is 3.44. The predicted octanol–water partition coefficient (Wildman–Crippen LogP) is 3.50. The van der Waals surface area contributed by atoms with Crippen LogP contribution in [-0.4, -0.2) is 21.6 Å². The van der Waals surface area contributed by atoms with Gasteiger partial charge in [0.15, 0.2) is 0 Å². The van der Waals surface area contributed by atoms with Crippen molar-refractivity contribution >= 4 is 39.2 Å². The second-order valence-electron chi connectivity index (χ2n) is 6.06. The van der Waals surface area contributed by atoms with Gasteiger partial charge in [-0.25, -0.2) is 9.97 Å². The summed E-state index contributed by atoms with van der Waals surface area (Å²) >= 11 is 1.72. The molecule has 0 atom stereocenters. The molecular weight excluding hydrogens is 332 g/mol. The first-order valence-corrected chi connectivity index (χ1v) is 8.90. The zero-order valence-corrected chi connectivity index (χ0v) is 14.7. The van der Waals surface area contributed by atoms with Crippen LogP contribution in [0.15, 0.2) is 36.8 Å². The summed E-state index contributed by atoms with van der Waals surface area (Å²) in [6.45, 7) is 4.82. The molecule has 124 valence electrons. The molecule has 3 aromatic rings. The van der Waals surface area contributed by atoms with Gasteiger partial charge in [0.05, 0.1) is 40.6 Å². The van der Waals surface area contributed by atoms with Gasteiger partial charge in [0, 0.05) is 23.5 Å². The van der Waals surface area contributed by atoms with E-state index < -0.39 is 0 Å². The van der Waals surface area contributed by atoms with Crippen LogP contribution in [0.25, 0.3) is 11.4 Å². The van der Waals surface area contributed by atoms with Gasteiger partial charge in [0.25, 0.3) is 0 Å². The lowest BCUT2D eigenvalue weighted by molar-refractivity contribution is 0.914. The fourth-order valence-corrected chi connectivity index (χ4v) is 4.36. The van der Waals surface area contributed by atoms with Gasteiger partial charge in [-0.3, -0.25) is 4.98 Å². The third kappa shape index (κ3) is 2.12. The molecule has 0 radical (unpaired) electrons. The van der Waals surface area contributed by atoms with E-state index in [4.69, 9.17) is 0 Å². The number of fused-ring (bicyclic) bond motifs is 4. The van der Waals surface area contributed by atoms with Crippen molar-refractivity contribution in [3.05, 3.63) is 58.6 Å². The first-order chi connectivity index (χ1) is 12.2. The number of pyridine rings is 2. The molecule has 25 heavy (non-hydrogen) atoms. The number of hydrogen-bond acceptors (Lipinski definition) is 7. The second kappa shape index (κ2) is 5.29. The van der Waals surface area contributed by atoms with Crippen molar-refractivity contribution in [2.24, 2.45) is 0 Å². The van der Waals surface area contributed by atoms with E-state index in [-0.39, 0.29) is 0 Å². The Morgan fingerprint density at radius 3 is 2.92 bits per heavy atom. The van der Waals surface area contributed by atoms with Crippen LogP contribution in [0.4, 0.5) is 16.5 Å². The highest BCUT2D eigenvalue weighted by molar-refractivity contribution is 7.16. The normalized spacial score (nSPS) is 15.0. The topological polar surface area (TPSA) is 66.0 Å². The SMILES string of the molecule is Cc1nc(C)c(N2CNC3=C2c2cccnc2Nc2cnccc23)s1. The highest BCUT2D eigenvalue weighted by Crippen LogP contribution is 2.44. The predicted molar refractivity (Wildman–Crippen MR) is 101 cm³/mol. The van der Waals surface area contributed by atoms with Crippen LogP contribution in [0.5, 0.6) is 0 Å². The summed E-state index contributed by atoms with van der Waals surface area (Å²) in [6, 6.07) is 6.11. The number of aromatic nitrogens is 3. The summed E-state index contributed by atoms with van der Waals surface area (Å²) in [5, 5.41) is 9.24. The minimum atomic E-state index is 0.712. The molecule has 2 aliphatic heterocycles. The smallest absolute Gasteiger partial charge is 0.139 e. The first kappa shape index (κ1) is 14.4. The third-order valence-corrected chi connectivity index (χ3v) is 5.55. The maximum absolute atomic E-state index is 4.60.